The molecule has 0 aliphatic rings. The second-order valence-corrected chi connectivity index (χ2v) is 4.70. The minimum Gasteiger partial charge on any atom is -0.497 e. The Morgan fingerprint density at radius 3 is 2.50 bits per heavy atom. The molecule has 1 amide bonds. The van der Waals surface area contributed by atoms with E-state index in [2.05, 4.69) is 5.32 Å². The third kappa shape index (κ3) is 3.42. The van der Waals surface area contributed by atoms with E-state index in [1.54, 1.807) is 43.5 Å². The van der Waals surface area contributed by atoms with Crippen molar-refractivity contribution in [2.45, 2.75) is 6.04 Å². The number of hydrogen-bond donors (Lipinski definition) is 2. The summed E-state index contributed by atoms with van der Waals surface area (Å²) in [4.78, 5) is 11.6. The lowest BCUT2D eigenvalue weighted by molar-refractivity contribution is -0.118. The summed E-state index contributed by atoms with van der Waals surface area (Å²) in [7, 11) is 1.60. The number of carbonyl (C=O) groups is 1. The average molecular weight is 291 g/mol. The number of hydrogen-bond acceptors (Lipinski definition) is 3. The number of methoxy groups -OCH3 is 1. The molecule has 0 heterocycles. The van der Waals surface area contributed by atoms with Gasteiger partial charge < -0.3 is 15.8 Å². The maximum Gasteiger partial charge on any atom is 0.244 e. The van der Waals surface area contributed by atoms with E-state index in [1.165, 1.54) is 0 Å². The van der Waals surface area contributed by atoms with E-state index in [-0.39, 0.29) is 0 Å². The summed E-state index contributed by atoms with van der Waals surface area (Å²) in [6.07, 6.45) is 0. The zero-order valence-corrected chi connectivity index (χ0v) is 11.7. The molecule has 0 aliphatic heterocycles. The Balaban J connectivity index is 2.23. The van der Waals surface area contributed by atoms with Crippen molar-refractivity contribution in [2.75, 3.05) is 12.4 Å². The van der Waals surface area contributed by atoms with Gasteiger partial charge in [-0.1, -0.05) is 23.7 Å². The third-order valence-electron chi connectivity index (χ3n) is 2.87. The molecule has 0 saturated carbocycles. The van der Waals surface area contributed by atoms with Crippen LogP contribution >= 0.6 is 11.6 Å². The van der Waals surface area contributed by atoms with E-state index in [0.29, 0.717) is 5.02 Å². The fraction of sp³-hybridized carbons (Fsp3) is 0.133. The largest absolute Gasteiger partial charge is 0.497 e. The van der Waals surface area contributed by atoms with Crippen LogP contribution in [-0.2, 0) is 4.79 Å². The molecule has 5 heteroatoms. The van der Waals surface area contributed by atoms with E-state index in [4.69, 9.17) is 22.1 Å². The van der Waals surface area contributed by atoms with Crippen LogP contribution in [-0.4, -0.2) is 13.0 Å². The Hall–Kier alpha value is -2.20. The summed E-state index contributed by atoms with van der Waals surface area (Å²) in [5.74, 6) is 0.275. The second kappa shape index (κ2) is 6.30. The Bertz CT molecular complexity index is 599. The predicted molar refractivity (Wildman–Crippen MR) is 80.0 cm³/mol. The fourth-order valence-corrected chi connectivity index (χ4v) is 2.06. The number of ether oxygens (including phenoxy) is 1. The maximum atomic E-state index is 11.6. The number of halogens is 1. The van der Waals surface area contributed by atoms with Crippen LogP contribution in [0.3, 0.4) is 0 Å². The highest BCUT2D eigenvalue weighted by Gasteiger charge is 2.17. The molecular formula is C15H15ClN2O2. The van der Waals surface area contributed by atoms with Gasteiger partial charge in [0.25, 0.3) is 0 Å². The maximum absolute atomic E-state index is 11.6. The van der Waals surface area contributed by atoms with E-state index in [1.807, 2.05) is 12.1 Å². The molecule has 1 unspecified atom stereocenters. The molecule has 2 aromatic rings. The number of primary amides is 1. The molecule has 0 spiro atoms. The minimum atomic E-state index is -0.637. The molecule has 0 saturated heterocycles. The van der Waals surface area contributed by atoms with Crippen molar-refractivity contribution in [1.29, 1.82) is 0 Å². The molecule has 0 aromatic heterocycles. The highest BCUT2D eigenvalue weighted by Crippen LogP contribution is 2.23. The van der Waals surface area contributed by atoms with Gasteiger partial charge in [-0.05, 0) is 42.0 Å². The molecular weight excluding hydrogens is 276 g/mol. The lowest BCUT2D eigenvalue weighted by Gasteiger charge is -2.17. The molecule has 0 fully saturated rings. The summed E-state index contributed by atoms with van der Waals surface area (Å²) in [5.41, 5.74) is 6.95. The topological polar surface area (TPSA) is 64.3 Å². The highest BCUT2D eigenvalue weighted by molar-refractivity contribution is 6.30. The van der Waals surface area contributed by atoms with Crippen LogP contribution in [0.2, 0.25) is 5.02 Å². The first-order valence-electron chi connectivity index (χ1n) is 6.05. The van der Waals surface area contributed by atoms with Gasteiger partial charge in [0.1, 0.15) is 11.8 Å². The zero-order valence-electron chi connectivity index (χ0n) is 11.0. The van der Waals surface area contributed by atoms with Gasteiger partial charge in [0.05, 0.1) is 7.11 Å². The molecule has 0 radical (unpaired) electrons. The van der Waals surface area contributed by atoms with Crippen molar-refractivity contribution in [1.82, 2.24) is 0 Å². The quantitative estimate of drug-likeness (QED) is 0.890. The molecule has 3 N–H and O–H groups in total. The lowest BCUT2D eigenvalue weighted by atomic mass is 10.1. The number of rotatable bonds is 5. The molecule has 20 heavy (non-hydrogen) atoms. The summed E-state index contributed by atoms with van der Waals surface area (Å²) in [6, 6.07) is 13.7. The average Bonchev–Trinajstić information content (AvgIpc) is 2.45. The fourth-order valence-electron chi connectivity index (χ4n) is 1.86. The Kier molecular flexibility index (Phi) is 4.48. The van der Waals surface area contributed by atoms with Crippen molar-refractivity contribution in [3.63, 3.8) is 0 Å². The smallest absolute Gasteiger partial charge is 0.244 e. The lowest BCUT2D eigenvalue weighted by Crippen LogP contribution is -2.27. The Morgan fingerprint density at radius 1 is 1.25 bits per heavy atom. The van der Waals surface area contributed by atoms with E-state index < -0.39 is 11.9 Å². The number of nitrogens with one attached hydrogen (secondary N) is 1. The van der Waals surface area contributed by atoms with Crippen molar-refractivity contribution in [3.8, 4) is 5.75 Å². The molecule has 2 aromatic carbocycles. The first kappa shape index (κ1) is 14.2. The van der Waals surface area contributed by atoms with Gasteiger partial charge in [0.15, 0.2) is 0 Å². The van der Waals surface area contributed by atoms with Gasteiger partial charge in [0.2, 0.25) is 5.91 Å². The normalized spacial score (nSPS) is 11.7. The van der Waals surface area contributed by atoms with Crippen LogP contribution < -0.4 is 15.8 Å². The molecule has 1 atom stereocenters. The van der Waals surface area contributed by atoms with Gasteiger partial charge >= 0.3 is 0 Å². The number of carbonyl (C=O) groups excluding carboxylic acids is 1. The van der Waals surface area contributed by atoms with Gasteiger partial charge in [-0.15, -0.1) is 0 Å². The third-order valence-corrected chi connectivity index (χ3v) is 3.10. The molecule has 4 nitrogen and oxygen atoms in total. The van der Waals surface area contributed by atoms with Crippen LogP contribution in [0.25, 0.3) is 0 Å². The summed E-state index contributed by atoms with van der Waals surface area (Å²) in [5, 5.41) is 3.64. The highest BCUT2D eigenvalue weighted by atomic mass is 35.5. The van der Waals surface area contributed by atoms with Crippen molar-refractivity contribution < 1.29 is 9.53 Å². The Morgan fingerprint density at radius 2 is 1.95 bits per heavy atom. The number of amides is 1. The van der Waals surface area contributed by atoms with E-state index in [0.717, 1.165) is 17.0 Å². The van der Waals surface area contributed by atoms with Crippen LogP contribution in [0.15, 0.2) is 48.5 Å². The van der Waals surface area contributed by atoms with Gasteiger partial charge in [-0.3, -0.25) is 4.79 Å². The van der Waals surface area contributed by atoms with Crippen LogP contribution in [0.1, 0.15) is 11.6 Å². The predicted octanol–water partition coefficient (Wildman–Crippen LogP) is 2.99. The summed E-state index contributed by atoms with van der Waals surface area (Å²) >= 11 is 5.94. The second-order valence-electron chi connectivity index (χ2n) is 4.26. The Labute approximate surface area is 122 Å². The number of anilines is 1. The van der Waals surface area contributed by atoms with Gasteiger partial charge in [0, 0.05) is 10.7 Å². The number of nitrogens with two attached hydrogens (primary N) is 1. The van der Waals surface area contributed by atoms with E-state index in [9.17, 15) is 4.79 Å². The standard InChI is InChI=1S/C15H15ClN2O2/c1-20-13-7-5-12(6-8-13)18-14(15(17)19)10-3-2-4-11(16)9-10/h2-9,14,18H,1H3,(H2,17,19). The SMILES string of the molecule is COc1ccc(NC(C(N)=O)c2cccc(Cl)c2)cc1. The van der Waals surface area contributed by atoms with Gasteiger partial charge in [-0.25, -0.2) is 0 Å². The zero-order chi connectivity index (χ0) is 14.5. The molecule has 0 bridgehead atoms. The summed E-state index contributed by atoms with van der Waals surface area (Å²) in [6.45, 7) is 0. The summed E-state index contributed by atoms with van der Waals surface area (Å²) < 4.78 is 5.09. The molecule has 2 rings (SSSR count). The minimum absolute atomic E-state index is 0.469. The monoisotopic (exact) mass is 290 g/mol. The van der Waals surface area contributed by atoms with Gasteiger partial charge in [-0.2, -0.15) is 0 Å². The van der Waals surface area contributed by atoms with Crippen molar-refractivity contribution in [3.05, 3.63) is 59.1 Å². The first-order chi connectivity index (χ1) is 9.60. The van der Waals surface area contributed by atoms with Crippen molar-refractivity contribution in [2.24, 2.45) is 5.73 Å². The number of benzene rings is 2. The van der Waals surface area contributed by atoms with Crippen molar-refractivity contribution >= 4 is 23.2 Å². The van der Waals surface area contributed by atoms with E-state index >= 15 is 0 Å². The van der Waals surface area contributed by atoms with Crippen LogP contribution in [0, 0.1) is 0 Å². The molecule has 0 aliphatic carbocycles. The van der Waals surface area contributed by atoms with Crippen LogP contribution in [0.5, 0.6) is 5.75 Å². The van der Waals surface area contributed by atoms with Crippen LogP contribution in [0.4, 0.5) is 5.69 Å². The molecule has 104 valence electrons. The first-order valence-corrected chi connectivity index (χ1v) is 6.43.